The van der Waals surface area contributed by atoms with Gasteiger partial charge in [0.2, 0.25) is 0 Å². The van der Waals surface area contributed by atoms with Gasteiger partial charge in [-0.2, -0.15) is 0 Å². The third-order valence-electron chi connectivity index (χ3n) is 2.27. The summed E-state index contributed by atoms with van der Waals surface area (Å²) in [5, 5.41) is 21.9. The van der Waals surface area contributed by atoms with Gasteiger partial charge in [-0.25, -0.2) is 4.98 Å². The molecule has 0 unspecified atom stereocenters. The smallest absolute Gasteiger partial charge is 0.258 e. The number of hydrogen-bond donors (Lipinski definition) is 0. The summed E-state index contributed by atoms with van der Waals surface area (Å²) >= 11 is 6.54. The van der Waals surface area contributed by atoms with E-state index in [1.54, 1.807) is 6.07 Å². The van der Waals surface area contributed by atoms with Crippen molar-refractivity contribution in [2.75, 3.05) is 0 Å². The molecule has 1 aromatic heterocycles. The first-order chi connectivity index (χ1) is 9.49. The molecule has 7 nitrogen and oxygen atoms in total. The first-order valence-electron chi connectivity index (χ1n) is 5.21. The lowest BCUT2D eigenvalue weighted by molar-refractivity contribution is -0.388. The number of halogens is 1. The summed E-state index contributed by atoms with van der Waals surface area (Å²) in [6.45, 7) is 0. The molecule has 2 rings (SSSR count). The summed E-state index contributed by atoms with van der Waals surface area (Å²) in [7, 11) is 0. The Labute approximate surface area is 121 Å². The summed E-state index contributed by atoms with van der Waals surface area (Å²) in [5.41, 5.74) is -0.397. The summed E-state index contributed by atoms with van der Waals surface area (Å²) in [5.74, 6) is 0. The van der Waals surface area contributed by atoms with Gasteiger partial charge in [-0.1, -0.05) is 35.5 Å². The molecule has 0 saturated heterocycles. The van der Waals surface area contributed by atoms with Crippen molar-refractivity contribution < 1.29 is 9.85 Å². The van der Waals surface area contributed by atoms with Gasteiger partial charge in [-0.3, -0.25) is 20.2 Å². The molecule has 2 aromatic rings. The minimum Gasteiger partial charge on any atom is -0.258 e. The van der Waals surface area contributed by atoms with Gasteiger partial charge in [0.25, 0.3) is 5.69 Å². The summed E-state index contributed by atoms with van der Waals surface area (Å²) in [6.07, 6.45) is 0. The van der Waals surface area contributed by atoms with E-state index in [1.165, 1.54) is 30.3 Å². The Morgan fingerprint density at radius 1 is 1.00 bits per heavy atom. The minimum atomic E-state index is -0.611. The van der Waals surface area contributed by atoms with Gasteiger partial charge in [0, 0.05) is 12.1 Å². The van der Waals surface area contributed by atoms with Crippen LogP contribution in [0.1, 0.15) is 0 Å². The average Bonchev–Trinajstić information content (AvgIpc) is 2.38. The number of para-hydroxylation sites is 1. The van der Waals surface area contributed by atoms with Crippen LogP contribution in [0.15, 0.2) is 46.3 Å². The molecule has 0 amide bonds. The Balaban J connectivity index is 2.47. The number of nitrogens with zero attached hydrogens (tertiary/aromatic N) is 3. The van der Waals surface area contributed by atoms with E-state index in [9.17, 15) is 20.2 Å². The summed E-state index contributed by atoms with van der Waals surface area (Å²) in [6, 6.07) is 8.44. The van der Waals surface area contributed by atoms with Crippen LogP contribution in [0.3, 0.4) is 0 Å². The molecule has 20 heavy (non-hydrogen) atoms. The van der Waals surface area contributed by atoms with Crippen molar-refractivity contribution in [1.29, 1.82) is 0 Å². The Kier molecular flexibility index (Phi) is 4.16. The molecule has 0 aliphatic rings. The zero-order valence-electron chi connectivity index (χ0n) is 9.72. The van der Waals surface area contributed by atoms with Crippen molar-refractivity contribution in [2.45, 2.75) is 9.92 Å². The van der Waals surface area contributed by atoms with E-state index in [0.717, 1.165) is 11.8 Å². The molecule has 0 atom stereocenters. The SMILES string of the molecule is O=[N+]([O-])c1ccccc1Sc1nc(Cl)ccc1[N+](=O)[O-]. The van der Waals surface area contributed by atoms with Crippen molar-refractivity contribution in [3.8, 4) is 0 Å². The molecule has 0 radical (unpaired) electrons. The molecular formula is C11H6ClN3O4S. The largest absolute Gasteiger partial charge is 0.301 e. The maximum Gasteiger partial charge on any atom is 0.301 e. The molecule has 0 bridgehead atoms. The van der Waals surface area contributed by atoms with Gasteiger partial charge in [-0.05, 0) is 12.1 Å². The monoisotopic (exact) mass is 311 g/mol. The second kappa shape index (κ2) is 5.85. The lowest BCUT2D eigenvalue weighted by Gasteiger charge is -2.03. The highest BCUT2D eigenvalue weighted by Crippen LogP contribution is 2.38. The Bertz CT molecular complexity index is 695. The molecule has 1 heterocycles. The fourth-order valence-corrected chi connectivity index (χ4v) is 2.61. The van der Waals surface area contributed by atoms with Crippen LogP contribution in [-0.4, -0.2) is 14.8 Å². The molecule has 0 fully saturated rings. The highest BCUT2D eigenvalue weighted by Gasteiger charge is 2.21. The number of pyridine rings is 1. The van der Waals surface area contributed by atoms with Crippen LogP contribution in [0.5, 0.6) is 0 Å². The zero-order valence-corrected chi connectivity index (χ0v) is 11.3. The van der Waals surface area contributed by atoms with E-state index >= 15 is 0 Å². The van der Waals surface area contributed by atoms with Gasteiger partial charge in [0.1, 0.15) is 5.15 Å². The minimum absolute atomic E-state index is 0.0109. The molecule has 0 spiro atoms. The van der Waals surface area contributed by atoms with Crippen LogP contribution in [0.25, 0.3) is 0 Å². The highest BCUT2D eigenvalue weighted by atomic mass is 35.5. The molecule has 9 heteroatoms. The maximum atomic E-state index is 10.9. The molecule has 1 aromatic carbocycles. The fourth-order valence-electron chi connectivity index (χ4n) is 1.42. The first-order valence-corrected chi connectivity index (χ1v) is 6.40. The van der Waals surface area contributed by atoms with Crippen LogP contribution >= 0.6 is 23.4 Å². The summed E-state index contributed by atoms with van der Waals surface area (Å²) < 4.78 is 0. The number of benzene rings is 1. The van der Waals surface area contributed by atoms with E-state index in [4.69, 9.17) is 11.6 Å². The Morgan fingerprint density at radius 2 is 1.65 bits per heavy atom. The zero-order chi connectivity index (χ0) is 14.7. The Hall–Kier alpha value is -2.19. The van der Waals surface area contributed by atoms with Crippen LogP contribution in [0, 0.1) is 20.2 Å². The predicted octanol–water partition coefficient (Wildman–Crippen LogP) is 3.70. The number of nitro groups is 2. The average molecular weight is 312 g/mol. The molecule has 0 N–H and O–H groups in total. The van der Waals surface area contributed by atoms with Crippen molar-refractivity contribution in [3.05, 3.63) is 61.8 Å². The van der Waals surface area contributed by atoms with Crippen molar-refractivity contribution in [3.63, 3.8) is 0 Å². The van der Waals surface area contributed by atoms with Gasteiger partial charge in [0.05, 0.1) is 14.7 Å². The van der Waals surface area contributed by atoms with Crippen molar-refractivity contribution in [1.82, 2.24) is 4.98 Å². The topological polar surface area (TPSA) is 99.2 Å². The Morgan fingerprint density at radius 3 is 2.30 bits per heavy atom. The molecule has 0 aliphatic heterocycles. The molecule has 0 aliphatic carbocycles. The number of hydrogen-bond acceptors (Lipinski definition) is 6. The van der Waals surface area contributed by atoms with E-state index < -0.39 is 9.85 Å². The predicted molar refractivity (Wildman–Crippen MR) is 73.1 cm³/mol. The number of nitro benzene ring substituents is 1. The van der Waals surface area contributed by atoms with E-state index in [0.29, 0.717) is 0 Å². The van der Waals surface area contributed by atoms with E-state index in [1.807, 2.05) is 0 Å². The van der Waals surface area contributed by atoms with Crippen LogP contribution in [-0.2, 0) is 0 Å². The van der Waals surface area contributed by atoms with E-state index in [-0.39, 0.29) is 26.4 Å². The van der Waals surface area contributed by atoms with Crippen LogP contribution in [0.2, 0.25) is 5.15 Å². The van der Waals surface area contributed by atoms with Gasteiger partial charge in [-0.15, -0.1) is 0 Å². The summed E-state index contributed by atoms with van der Waals surface area (Å²) in [4.78, 5) is 24.8. The van der Waals surface area contributed by atoms with Crippen LogP contribution < -0.4 is 0 Å². The number of rotatable bonds is 4. The third kappa shape index (κ3) is 3.03. The standard InChI is InChI=1S/C11H6ClN3O4S/c12-10-6-5-8(15(18)19)11(13-10)20-9-4-2-1-3-7(9)14(16)17/h1-6H. The van der Waals surface area contributed by atoms with Gasteiger partial charge >= 0.3 is 5.69 Å². The lowest BCUT2D eigenvalue weighted by atomic mass is 10.3. The number of aromatic nitrogens is 1. The van der Waals surface area contributed by atoms with Crippen LogP contribution in [0.4, 0.5) is 11.4 Å². The maximum absolute atomic E-state index is 10.9. The van der Waals surface area contributed by atoms with Gasteiger partial charge in [0.15, 0.2) is 5.03 Å². The molecular weight excluding hydrogens is 306 g/mol. The van der Waals surface area contributed by atoms with E-state index in [2.05, 4.69) is 4.98 Å². The molecule has 0 saturated carbocycles. The lowest BCUT2D eigenvalue weighted by Crippen LogP contribution is -1.95. The highest BCUT2D eigenvalue weighted by molar-refractivity contribution is 7.99. The van der Waals surface area contributed by atoms with Gasteiger partial charge < -0.3 is 0 Å². The normalized spacial score (nSPS) is 10.2. The first kappa shape index (κ1) is 14.2. The molecule has 102 valence electrons. The fraction of sp³-hybridized carbons (Fsp3) is 0. The van der Waals surface area contributed by atoms with Crippen molar-refractivity contribution in [2.24, 2.45) is 0 Å². The van der Waals surface area contributed by atoms with Crippen molar-refractivity contribution >= 4 is 34.7 Å². The quantitative estimate of drug-likeness (QED) is 0.485. The third-order valence-corrected chi connectivity index (χ3v) is 3.54. The second-order valence-corrected chi connectivity index (χ2v) is 4.96. The second-order valence-electron chi connectivity index (χ2n) is 3.54.